The first kappa shape index (κ1) is 30.4. The number of carbonyl (C=O) groups excluding carboxylic acids is 1. The van der Waals surface area contributed by atoms with Gasteiger partial charge in [0.1, 0.15) is 12.5 Å². The molecule has 4 aromatic carbocycles. The average Bonchev–Trinajstić information content (AvgIpc) is 2.99. The summed E-state index contributed by atoms with van der Waals surface area (Å²) in [6.45, 7) is 0.980. The van der Waals surface area contributed by atoms with Crippen molar-refractivity contribution in [3.05, 3.63) is 113 Å². The number of aromatic hydroxyl groups is 1. The first-order valence-electron chi connectivity index (χ1n) is 13.1. The SMILES string of the molecule is Cc1ccc(S(=O)(=O)N(C)CC(=O)N(Cc2ccc(-c3cccc(C#N)c3)cc2)c2ccc(COCO)c(O)c2)cc1. The number of phenols is 1. The number of nitrogens with zero attached hydrogens (tertiary/aromatic N) is 3. The number of nitriles is 1. The monoisotopic (exact) mass is 585 g/mol. The van der Waals surface area contributed by atoms with Crippen LogP contribution < -0.4 is 4.90 Å². The molecule has 0 fully saturated rings. The van der Waals surface area contributed by atoms with Crippen molar-refractivity contribution in [2.75, 3.05) is 25.3 Å². The number of anilines is 1. The Hall–Kier alpha value is -4.53. The zero-order valence-electron chi connectivity index (χ0n) is 23.3. The summed E-state index contributed by atoms with van der Waals surface area (Å²) in [5, 5.41) is 28.7. The van der Waals surface area contributed by atoms with Crippen LogP contribution in [0.4, 0.5) is 5.69 Å². The van der Waals surface area contributed by atoms with Crippen molar-refractivity contribution < 1.29 is 28.2 Å². The number of amides is 1. The van der Waals surface area contributed by atoms with Gasteiger partial charge in [0, 0.05) is 24.4 Å². The number of aliphatic hydroxyl groups is 1. The standard InChI is InChI=1S/C32H31N3O6S/c1-23-6-14-30(15-7-23)42(39,40)34(2)20-32(38)35(29-13-12-28(21-41-22-36)31(37)17-29)19-24-8-10-26(11-9-24)27-5-3-4-25(16-27)18-33/h3-17,36-37H,19-22H2,1-2H3. The van der Waals surface area contributed by atoms with Gasteiger partial charge < -0.3 is 19.8 Å². The molecular formula is C32H31N3O6S. The molecule has 0 atom stereocenters. The van der Waals surface area contributed by atoms with Gasteiger partial charge in [-0.2, -0.15) is 9.57 Å². The third-order valence-electron chi connectivity index (χ3n) is 6.74. The fourth-order valence-corrected chi connectivity index (χ4v) is 5.45. The number of ether oxygens (including phenoxy) is 1. The van der Waals surface area contributed by atoms with Crippen molar-refractivity contribution >= 4 is 21.6 Å². The Morgan fingerprint density at radius 3 is 2.31 bits per heavy atom. The van der Waals surface area contributed by atoms with Crippen molar-refractivity contribution in [3.63, 3.8) is 0 Å². The highest BCUT2D eigenvalue weighted by atomic mass is 32.2. The molecule has 0 bridgehead atoms. The summed E-state index contributed by atoms with van der Waals surface area (Å²) in [6, 6.07) is 27.9. The van der Waals surface area contributed by atoms with E-state index in [0.29, 0.717) is 16.8 Å². The number of sulfonamides is 1. The first-order valence-corrected chi connectivity index (χ1v) is 14.5. The summed E-state index contributed by atoms with van der Waals surface area (Å²) < 4.78 is 32.3. The minimum Gasteiger partial charge on any atom is -0.508 e. The third-order valence-corrected chi connectivity index (χ3v) is 8.55. The molecule has 1 amide bonds. The van der Waals surface area contributed by atoms with Crippen LogP contribution in [0.3, 0.4) is 0 Å². The molecule has 10 heteroatoms. The molecule has 0 aliphatic rings. The van der Waals surface area contributed by atoms with Crippen LogP contribution in [-0.2, 0) is 32.7 Å². The molecule has 4 aromatic rings. The molecule has 0 unspecified atom stereocenters. The minimum atomic E-state index is -3.93. The second kappa shape index (κ2) is 13.4. The van der Waals surface area contributed by atoms with Gasteiger partial charge in [0.05, 0.1) is 36.2 Å². The van der Waals surface area contributed by atoms with Gasteiger partial charge in [-0.05, 0) is 53.9 Å². The van der Waals surface area contributed by atoms with Crippen LogP contribution in [0.25, 0.3) is 11.1 Å². The van der Waals surface area contributed by atoms with Crippen molar-refractivity contribution in [1.82, 2.24) is 4.31 Å². The number of phenolic OH excluding ortho intramolecular Hbond substituents is 1. The fraction of sp³-hybridized carbons (Fsp3) is 0.188. The van der Waals surface area contributed by atoms with Gasteiger partial charge in [-0.1, -0.05) is 60.2 Å². The molecule has 0 aliphatic carbocycles. The summed E-state index contributed by atoms with van der Waals surface area (Å²) in [5.74, 6) is -0.634. The van der Waals surface area contributed by atoms with Crippen LogP contribution in [-0.4, -0.2) is 49.2 Å². The van der Waals surface area contributed by atoms with Crippen molar-refractivity contribution in [2.24, 2.45) is 0 Å². The highest BCUT2D eigenvalue weighted by molar-refractivity contribution is 7.89. The number of hydrogen-bond donors (Lipinski definition) is 2. The van der Waals surface area contributed by atoms with Gasteiger partial charge in [0.15, 0.2) is 0 Å². The third kappa shape index (κ3) is 7.21. The molecule has 0 saturated heterocycles. The molecule has 0 saturated carbocycles. The Kier molecular flexibility index (Phi) is 9.72. The molecule has 0 heterocycles. The molecule has 0 aliphatic heterocycles. The van der Waals surface area contributed by atoms with E-state index < -0.39 is 29.3 Å². The predicted molar refractivity (Wildman–Crippen MR) is 159 cm³/mol. The highest BCUT2D eigenvalue weighted by Gasteiger charge is 2.26. The van der Waals surface area contributed by atoms with Crippen LogP contribution in [0.15, 0.2) is 95.9 Å². The van der Waals surface area contributed by atoms with Crippen LogP contribution in [0.2, 0.25) is 0 Å². The summed E-state index contributed by atoms with van der Waals surface area (Å²) in [7, 11) is -2.58. The van der Waals surface area contributed by atoms with Crippen LogP contribution in [0.1, 0.15) is 22.3 Å². The zero-order chi connectivity index (χ0) is 30.3. The zero-order valence-corrected chi connectivity index (χ0v) is 24.1. The molecule has 42 heavy (non-hydrogen) atoms. The van der Waals surface area contributed by atoms with Gasteiger partial charge in [-0.15, -0.1) is 0 Å². The van der Waals surface area contributed by atoms with E-state index in [9.17, 15) is 23.6 Å². The van der Waals surface area contributed by atoms with Gasteiger partial charge in [0.25, 0.3) is 0 Å². The predicted octanol–water partition coefficient (Wildman–Crippen LogP) is 4.56. The van der Waals surface area contributed by atoms with Crippen LogP contribution in [0, 0.1) is 18.3 Å². The lowest BCUT2D eigenvalue weighted by atomic mass is 10.0. The number of aliphatic hydroxyl groups excluding tert-OH is 1. The molecule has 216 valence electrons. The fourth-order valence-electron chi connectivity index (χ4n) is 4.33. The first-order chi connectivity index (χ1) is 20.1. The van der Waals surface area contributed by atoms with Gasteiger partial charge >= 0.3 is 0 Å². The van der Waals surface area contributed by atoms with E-state index >= 15 is 0 Å². The molecule has 4 rings (SSSR count). The van der Waals surface area contributed by atoms with E-state index in [1.54, 1.807) is 36.4 Å². The van der Waals surface area contributed by atoms with Crippen molar-refractivity contribution in [3.8, 4) is 22.9 Å². The number of likely N-dealkylation sites (N-methyl/N-ethyl adjacent to an activating group) is 1. The maximum atomic E-state index is 13.7. The normalized spacial score (nSPS) is 11.3. The molecular weight excluding hydrogens is 554 g/mol. The Bertz CT molecular complexity index is 1700. The van der Waals surface area contributed by atoms with Gasteiger partial charge in [-0.3, -0.25) is 4.79 Å². The molecule has 0 spiro atoms. The Balaban J connectivity index is 1.62. The number of hydrogen-bond acceptors (Lipinski definition) is 7. The lowest BCUT2D eigenvalue weighted by Gasteiger charge is -2.26. The van der Waals surface area contributed by atoms with Crippen LogP contribution in [0.5, 0.6) is 5.75 Å². The lowest BCUT2D eigenvalue weighted by Crippen LogP contribution is -2.41. The summed E-state index contributed by atoms with van der Waals surface area (Å²) >= 11 is 0. The maximum Gasteiger partial charge on any atom is 0.243 e. The second-order valence-electron chi connectivity index (χ2n) is 9.73. The largest absolute Gasteiger partial charge is 0.508 e. The summed E-state index contributed by atoms with van der Waals surface area (Å²) in [4.78, 5) is 15.2. The topological polar surface area (TPSA) is 131 Å². The maximum absolute atomic E-state index is 13.7. The quantitative estimate of drug-likeness (QED) is 0.247. The van der Waals surface area contributed by atoms with Gasteiger partial charge in [-0.25, -0.2) is 8.42 Å². The van der Waals surface area contributed by atoms with E-state index in [-0.39, 0.29) is 23.8 Å². The summed E-state index contributed by atoms with van der Waals surface area (Å²) in [5.41, 5.74) is 4.77. The highest BCUT2D eigenvalue weighted by Crippen LogP contribution is 2.28. The molecule has 9 nitrogen and oxygen atoms in total. The summed E-state index contributed by atoms with van der Waals surface area (Å²) in [6.07, 6.45) is 0. The van der Waals surface area contributed by atoms with Crippen molar-refractivity contribution in [1.29, 1.82) is 5.26 Å². The number of carbonyl (C=O) groups is 1. The van der Waals surface area contributed by atoms with Gasteiger partial charge in [0.2, 0.25) is 15.9 Å². The van der Waals surface area contributed by atoms with E-state index in [4.69, 9.17) is 9.84 Å². The van der Waals surface area contributed by atoms with E-state index in [2.05, 4.69) is 6.07 Å². The Morgan fingerprint density at radius 1 is 0.952 bits per heavy atom. The average molecular weight is 586 g/mol. The van der Waals surface area contributed by atoms with Crippen LogP contribution >= 0.6 is 0 Å². The second-order valence-corrected chi connectivity index (χ2v) is 11.8. The van der Waals surface area contributed by atoms with Crippen molar-refractivity contribution in [2.45, 2.75) is 25.0 Å². The molecule has 0 radical (unpaired) electrons. The lowest BCUT2D eigenvalue weighted by molar-refractivity contribution is -0.118. The number of aryl methyl sites for hydroxylation is 1. The molecule has 2 N–H and O–H groups in total. The number of rotatable bonds is 11. The Labute approximate surface area is 245 Å². The van der Waals surface area contributed by atoms with E-state index in [1.165, 1.54) is 30.1 Å². The Morgan fingerprint density at radius 2 is 1.67 bits per heavy atom. The minimum absolute atomic E-state index is 0.0252. The molecule has 0 aromatic heterocycles. The smallest absolute Gasteiger partial charge is 0.243 e. The van der Waals surface area contributed by atoms with E-state index in [1.807, 2.05) is 43.3 Å². The van der Waals surface area contributed by atoms with E-state index in [0.717, 1.165) is 26.6 Å². The number of benzene rings is 4.